The Kier molecular flexibility index (Phi) is 3.59. The van der Waals surface area contributed by atoms with Crippen LogP contribution in [0.2, 0.25) is 0 Å². The van der Waals surface area contributed by atoms with E-state index >= 15 is 0 Å². The van der Waals surface area contributed by atoms with Gasteiger partial charge in [-0.25, -0.2) is 0 Å². The van der Waals surface area contributed by atoms with Crippen LogP contribution in [0.3, 0.4) is 0 Å². The Bertz CT molecular complexity index is 438. The molecule has 1 amide bonds. The van der Waals surface area contributed by atoms with Crippen molar-refractivity contribution in [3.63, 3.8) is 0 Å². The van der Waals surface area contributed by atoms with Gasteiger partial charge in [-0.15, -0.1) is 0 Å². The molecule has 2 aliphatic rings. The quantitative estimate of drug-likeness (QED) is 0.911. The van der Waals surface area contributed by atoms with Crippen LogP contribution >= 0.6 is 11.8 Å². The van der Waals surface area contributed by atoms with Gasteiger partial charge in [0.25, 0.3) is 5.91 Å². The van der Waals surface area contributed by atoms with Crippen molar-refractivity contribution in [3.8, 4) is 0 Å². The first kappa shape index (κ1) is 12.1. The Morgan fingerprint density at radius 2 is 2.28 bits per heavy atom. The fourth-order valence-electron chi connectivity index (χ4n) is 2.66. The number of aryl methyl sites for hydroxylation is 1. The van der Waals surface area contributed by atoms with Gasteiger partial charge in [0.2, 0.25) is 0 Å². The molecule has 0 radical (unpaired) electrons. The van der Waals surface area contributed by atoms with Crippen molar-refractivity contribution in [2.45, 2.75) is 43.8 Å². The van der Waals surface area contributed by atoms with Gasteiger partial charge < -0.3 is 9.84 Å². The zero-order valence-corrected chi connectivity index (χ0v) is 11.2. The highest BCUT2D eigenvalue weighted by Gasteiger charge is 2.24. The second kappa shape index (κ2) is 5.34. The monoisotopic (exact) mass is 266 g/mol. The molecule has 1 N–H and O–H groups in total. The summed E-state index contributed by atoms with van der Waals surface area (Å²) in [5, 5.41) is 7.52. The van der Waals surface area contributed by atoms with Gasteiger partial charge in [0.05, 0.1) is 0 Å². The number of carbonyl (C=O) groups excluding carboxylic acids is 1. The number of amides is 1. The number of aromatic nitrogens is 1. The molecule has 1 aliphatic heterocycles. The number of rotatable bonds is 3. The standard InChI is InChI=1S/C13H18N2O2S/c16-13(14-8-9-4-3-7-18-9)12-10-5-1-2-6-11(10)17-15-12/h9H,1-8H2,(H,14,16). The van der Waals surface area contributed by atoms with E-state index in [0.717, 1.165) is 43.6 Å². The normalized spacial score (nSPS) is 22.8. The summed E-state index contributed by atoms with van der Waals surface area (Å²) < 4.78 is 5.26. The third-order valence-electron chi connectivity index (χ3n) is 3.68. The Morgan fingerprint density at radius 1 is 1.39 bits per heavy atom. The molecule has 18 heavy (non-hydrogen) atoms. The van der Waals surface area contributed by atoms with E-state index in [0.29, 0.717) is 10.9 Å². The number of carbonyl (C=O) groups is 1. The number of nitrogens with one attached hydrogen (secondary N) is 1. The average molecular weight is 266 g/mol. The lowest BCUT2D eigenvalue weighted by atomic mass is 9.96. The minimum Gasteiger partial charge on any atom is -0.360 e. The lowest BCUT2D eigenvalue weighted by Gasteiger charge is -2.11. The predicted molar refractivity (Wildman–Crippen MR) is 71.0 cm³/mol. The first-order valence-corrected chi connectivity index (χ1v) is 7.76. The number of hydrogen-bond acceptors (Lipinski definition) is 4. The second-order valence-corrected chi connectivity index (χ2v) is 6.39. The third kappa shape index (κ3) is 2.41. The maximum Gasteiger partial charge on any atom is 0.273 e. The molecule has 0 saturated carbocycles. The van der Waals surface area contributed by atoms with Gasteiger partial charge in [-0.1, -0.05) is 5.16 Å². The summed E-state index contributed by atoms with van der Waals surface area (Å²) in [6, 6.07) is 0. The molecule has 1 aliphatic carbocycles. The minimum atomic E-state index is -0.0607. The van der Waals surface area contributed by atoms with E-state index in [4.69, 9.17) is 4.52 Å². The van der Waals surface area contributed by atoms with E-state index in [9.17, 15) is 4.79 Å². The Balaban J connectivity index is 1.63. The molecule has 5 heteroatoms. The van der Waals surface area contributed by atoms with Gasteiger partial charge in [-0.2, -0.15) is 11.8 Å². The first-order chi connectivity index (χ1) is 8.84. The maximum absolute atomic E-state index is 12.1. The summed E-state index contributed by atoms with van der Waals surface area (Å²) in [6.45, 7) is 0.755. The second-order valence-electron chi connectivity index (χ2n) is 4.99. The third-order valence-corrected chi connectivity index (χ3v) is 5.08. The van der Waals surface area contributed by atoms with E-state index in [2.05, 4.69) is 10.5 Å². The lowest BCUT2D eigenvalue weighted by molar-refractivity contribution is 0.0944. The van der Waals surface area contributed by atoms with Crippen LogP contribution in [0.1, 0.15) is 47.5 Å². The molecule has 0 bridgehead atoms. The molecule has 0 spiro atoms. The fourth-order valence-corrected chi connectivity index (χ4v) is 3.86. The maximum atomic E-state index is 12.1. The molecule has 4 nitrogen and oxygen atoms in total. The van der Waals surface area contributed by atoms with Gasteiger partial charge in [0.1, 0.15) is 5.76 Å². The minimum absolute atomic E-state index is 0.0607. The van der Waals surface area contributed by atoms with Crippen LogP contribution in [0.25, 0.3) is 0 Å². The number of thioether (sulfide) groups is 1. The molecule has 1 aromatic rings. The molecule has 1 saturated heterocycles. The summed E-state index contributed by atoms with van der Waals surface area (Å²) >= 11 is 1.95. The highest BCUT2D eigenvalue weighted by molar-refractivity contribution is 8.00. The molecule has 3 rings (SSSR count). The van der Waals surface area contributed by atoms with E-state index in [1.165, 1.54) is 18.6 Å². The van der Waals surface area contributed by atoms with Crippen LogP contribution in [-0.2, 0) is 12.8 Å². The molecule has 1 atom stereocenters. The van der Waals surface area contributed by atoms with E-state index in [1.807, 2.05) is 11.8 Å². The summed E-state index contributed by atoms with van der Waals surface area (Å²) in [6.07, 6.45) is 6.61. The van der Waals surface area contributed by atoms with Crippen molar-refractivity contribution in [1.82, 2.24) is 10.5 Å². The van der Waals surface area contributed by atoms with Gasteiger partial charge in [-0.05, 0) is 37.9 Å². The largest absolute Gasteiger partial charge is 0.360 e. The number of nitrogens with zero attached hydrogens (tertiary/aromatic N) is 1. The van der Waals surface area contributed by atoms with Crippen molar-refractivity contribution in [2.75, 3.05) is 12.3 Å². The Morgan fingerprint density at radius 3 is 3.11 bits per heavy atom. The van der Waals surface area contributed by atoms with E-state index in [-0.39, 0.29) is 5.91 Å². The average Bonchev–Trinajstić information content (AvgIpc) is 3.05. The van der Waals surface area contributed by atoms with Crippen LogP contribution in [0.5, 0.6) is 0 Å². The fraction of sp³-hybridized carbons (Fsp3) is 0.692. The summed E-state index contributed by atoms with van der Waals surface area (Å²) in [7, 11) is 0. The highest BCUT2D eigenvalue weighted by atomic mass is 32.2. The first-order valence-electron chi connectivity index (χ1n) is 6.72. The van der Waals surface area contributed by atoms with Crippen LogP contribution in [0.4, 0.5) is 0 Å². The number of hydrogen-bond donors (Lipinski definition) is 1. The molecule has 0 aromatic carbocycles. The van der Waals surface area contributed by atoms with Gasteiger partial charge in [0, 0.05) is 23.8 Å². The molecule has 2 heterocycles. The van der Waals surface area contributed by atoms with Crippen molar-refractivity contribution in [3.05, 3.63) is 17.0 Å². The summed E-state index contributed by atoms with van der Waals surface area (Å²) in [4.78, 5) is 12.1. The van der Waals surface area contributed by atoms with Crippen LogP contribution in [0, 0.1) is 0 Å². The van der Waals surface area contributed by atoms with E-state index in [1.54, 1.807) is 0 Å². The van der Waals surface area contributed by atoms with Gasteiger partial charge in [0.15, 0.2) is 5.69 Å². The smallest absolute Gasteiger partial charge is 0.273 e. The highest BCUT2D eigenvalue weighted by Crippen LogP contribution is 2.26. The zero-order chi connectivity index (χ0) is 12.4. The predicted octanol–water partition coefficient (Wildman–Crippen LogP) is 2.18. The SMILES string of the molecule is O=C(NCC1CCCS1)c1noc2c1CCCC2. The zero-order valence-electron chi connectivity index (χ0n) is 10.4. The molecule has 1 fully saturated rings. The van der Waals surface area contributed by atoms with Crippen molar-refractivity contribution >= 4 is 17.7 Å². The molecule has 98 valence electrons. The molecular formula is C13H18N2O2S. The summed E-state index contributed by atoms with van der Waals surface area (Å²) in [5.74, 6) is 2.08. The number of fused-ring (bicyclic) bond motifs is 1. The molecular weight excluding hydrogens is 248 g/mol. The van der Waals surface area contributed by atoms with Crippen LogP contribution < -0.4 is 5.32 Å². The van der Waals surface area contributed by atoms with Gasteiger partial charge in [-0.3, -0.25) is 4.79 Å². The Hall–Kier alpha value is -0.970. The van der Waals surface area contributed by atoms with Crippen LogP contribution in [-0.4, -0.2) is 28.6 Å². The lowest BCUT2D eigenvalue weighted by Crippen LogP contribution is -2.30. The molecule has 1 unspecified atom stereocenters. The van der Waals surface area contributed by atoms with E-state index < -0.39 is 0 Å². The summed E-state index contributed by atoms with van der Waals surface area (Å²) in [5.41, 5.74) is 1.56. The van der Waals surface area contributed by atoms with Gasteiger partial charge >= 0.3 is 0 Å². The molecule has 1 aromatic heterocycles. The topological polar surface area (TPSA) is 55.1 Å². The van der Waals surface area contributed by atoms with Crippen molar-refractivity contribution in [1.29, 1.82) is 0 Å². The Labute approximate surface area is 111 Å². The van der Waals surface area contributed by atoms with Crippen LogP contribution in [0.15, 0.2) is 4.52 Å². The van der Waals surface area contributed by atoms with Crippen molar-refractivity contribution in [2.24, 2.45) is 0 Å². The van der Waals surface area contributed by atoms with Crippen molar-refractivity contribution < 1.29 is 9.32 Å².